The molecule has 2 aromatic heterocycles. The normalized spacial score (nSPS) is 11.5. The molecule has 0 bridgehead atoms. The monoisotopic (exact) mass is 512 g/mol. The van der Waals surface area contributed by atoms with Crippen LogP contribution in [0.15, 0.2) is 150 Å². The minimum Gasteiger partial charge on any atom is -0.438 e. The van der Waals surface area contributed by atoms with Gasteiger partial charge in [0.25, 0.3) is 0 Å². The molecule has 3 nitrogen and oxygen atoms in total. The first-order chi connectivity index (χ1) is 19.8. The average molecular weight is 513 g/mol. The van der Waals surface area contributed by atoms with Crippen molar-refractivity contribution in [1.82, 2.24) is 4.98 Å². The van der Waals surface area contributed by atoms with E-state index in [4.69, 9.17) is 9.40 Å². The van der Waals surface area contributed by atoms with Gasteiger partial charge < -0.3 is 4.42 Å². The van der Waals surface area contributed by atoms with E-state index in [2.05, 4.69) is 144 Å². The molecular weight excluding hydrogens is 488 g/mol. The van der Waals surface area contributed by atoms with Crippen LogP contribution in [0.1, 0.15) is 0 Å². The number of rotatable bonds is 4. The first kappa shape index (κ1) is 22.6. The SMILES string of the molecule is c1ccc(N(c2ccc(-c3ccc4ccccc4c3)cc2)c2ccc3c(n2)oc2cc4ccccc4cc23)cc1. The van der Waals surface area contributed by atoms with E-state index in [0.717, 1.165) is 38.9 Å². The highest BCUT2D eigenvalue weighted by atomic mass is 16.3. The quantitative estimate of drug-likeness (QED) is 0.235. The fraction of sp³-hybridized carbons (Fsp3) is 0. The molecule has 0 amide bonds. The van der Waals surface area contributed by atoms with Crippen molar-refractivity contribution in [1.29, 1.82) is 0 Å². The molecule has 0 unspecified atom stereocenters. The van der Waals surface area contributed by atoms with Crippen molar-refractivity contribution in [2.24, 2.45) is 0 Å². The van der Waals surface area contributed by atoms with Crippen LogP contribution in [0, 0.1) is 0 Å². The van der Waals surface area contributed by atoms with Crippen molar-refractivity contribution in [2.75, 3.05) is 4.90 Å². The molecule has 0 aliphatic rings. The highest BCUT2D eigenvalue weighted by Gasteiger charge is 2.17. The number of hydrogen-bond acceptors (Lipinski definition) is 3. The summed E-state index contributed by atoms with van der Waals surface area (Å²) in [6.07, 6.45) is 0. The standard InChI is InChI=1S/C37H24N2O/c1-2-12-31(13-3-1)39(32-18-16-26(17-19-32)30-15-14-25-8-4-5-9-27(25)22-30)36-21-20-33-34-23-28-10-6-7-11-29(28)24-35(34)40-37(33)38-36/h1-24H. The Morgan fingerprint density at radius 2 is 1.07 bits per heavy atom. The van der Waals surface area contributed by atoms with Crippen molar-refractivity contribution >= 4 is 60.8 Å². The zero-order valence-electron chi connectivity index (χ0n) is 21.7. The molecule has 0 fully saturated rings. The second-order valence-electron chi connectivity index (χ2n) is 10.1. The lowest BCUT2D eigenvalue weighted by Gasteiger charge is -2.24. The third kappa shape index (κ3) is 3.79. The summed E-state index contributed by atoms with van der Waals surface area (Å²) in [6.45, 7) is 0. The molecule has 0 radical (unpaired) electrons. The molecule has 0 atom stereocenters. The highest BCUT2D eigenvalue weighted by Crippen LogP contribution is 2.38. The van der Waals surface area contributed by atoms with E-state index >= 15 is 0 Å². The van der Waals surface area contributed by atoms with Crippen LogP contribution >= 0.6 is 0 Å². The van der Waals surface area contributed by atoms with Crippen molar-refractivity contribution < 1.29 is 4.42 Å². The molecule has 0 aliphatic carbocycles. The maximum Gasteiger partial charge on any atom is 0.229 e. The number of benzene rings is 6. The van der Waals surface area contributed by atoms with Crippen LogP contribution in [-0.4, -0.2) is 4.98 Å². The summed E-state index contributed by atoms with van der Waals surface area (Å²) in [5, 5.41) is 6.94. The molecule has 0 saturated heterocycles. The number of hydrogen-bond donors (Lipinski definition) is 0. The molecule has 2 heterocycles. The third-order valence-electron chi connectivity index (χ3n) is 7.64. The van der Waals surface area contributed by atoms with Gasteiger partial charge in [0.1, 0.15) is 11.4 Å². The Morgan fingerprint density at radius 1 is 0.450 bits per heavy atom. The van der Waals surface area contributed by atoms with Crippen LogP contribution in [0.4, 0.5) is 17.2 Å². The second kappa shape index (κ2) is 9.11. The van der Waals surface area contributed by atoms with Crippen molar-refractivity contribution in [3.8, 4) is 11.1 Å². The first-order valence-corrected chi connectivity index (χ1v) is 13.5. The van der Waals surface area contributed by atoms with Crippen LogP contribution < -0.4 is 4.90 Å². The van der Waals surface area contributed by atoms with Gasteiger partial charge in [-0.1, -0.05) is 91.0 Å². The molecule has 188 valence electrons. The molecular formula is C37H24N2O. The zero-order valence-corrected chi connectivity index (χ0v) is 21.7. The van der Waals surface area contributed by atoms with Gasteiger partial charge in [0.2, 0.25) is 5.71 Å². The fourth-order valence-corrected chi connectivity index (χ4v) is 5.62. The van der Waals surface area contributed by atoms with E-state index in [9.17, 15) is 0 Å². The predicted octanol–water partition coefficient (Wildman–Crippen LogP) is 10.4. The maximum absolute atomic E-state index is 6.30. The van der Waals surface area contributed by atoms with E-state index in [1.54, 1.807) is 0 Å². The molecule has 6 aromatic carbocycles. The summed E-state index contributed by atoms with van der Waals surface area (Å²) in [4.78, 5) is 7.20. The van der Waals surface area contributed by atoms with Gasteiger partial charge in [-0.05, 0) is 87.3 Å². The Hall–Kier alpha value is -5.41. The summed E-state index contributed by atoms with van der Waals surface area (Å²) in [5.41, 5.74) is 5.93. The molecule has 0 N–H and O–H groups in total. The van der Waals surface area contributed by atoms with E-state index in [1.165, 1.54) is 27.3 Å². The molecule has 40 heavy (non-hydrogen) atoms. The van der Waals surface area contributed by atoms with E-state index < -0.39 is 0 Å². The lowest BCUT2D eigenvalue weighted by Crippen LogP contribution is -2.11. The third-order valence-corrected chi connectivity index (χ3v) is 7.64. The van der Waals surface area contributed by atoms with Gasteiger partial charge in [-0.15, -0.1) is 0 Å². The van der Waals surface area contributed by atoms with E-state index in [-0.39, 0.29) is 0 Å². The molecule has 8 rings (SSSR count). The van der Waals surface area contributed by atoms with Gasteiger partial charge in [-0.2, -0.15) is 4.98 Å². The number of pyridine rings is 1. The minimum absolute atomic E-state index is 0.636. The lowest BCUT2D eigenvalue weighted by molar-refractivity contribution is 0.655. The van der Waals surface area contributed by atoms with Crippen molar-refractivity contribution in [2.45, 2.75) is 0 Å². The second-order valence-corrected chi connectivity index (χ2v) is 10.1. The Morgan fingerprint density at radius 3 is 1.85 bits per heavy atom. The molecule has 0 spiro atoms. The van der Waals surface area contributed by atoms with Crippen molar-refractivity contribution in [3.63, 3.8) is 0 Å². The fourth-order valence-electron chi connectivity index (χ4n) is 5.62. The summed E-state index contributed by atoms with van der Waals surface area (Å²) >= 11 is 0. The van der Waals surface area contributed by atoms with Gasteiger partial charge in [0.05, 0.1) is 0 Å². The summed E-state index contributed by atoms with van der Waals surface area (Å²) in [5.74, 6) is 0.806. The first-order valence-electron chi connectivity index (χ1n) is 13.5. The summed E-state index contributed by atoms with van der Waals surface area (Å²) in [7, 11) is 0. The predicted molar refractivity (Wildman–Crippen MR) is 167 cm³/mol. The van der Waals surface area contributed by atoms with Crippen LogP contribution in [-0.2, 0) is 0 Å². The molecule has 0 aliphatic heterocycles. The zero-order chi connectivity index (χ0) is 26.5. The van der Waals surface area contributed by atoms with Gasteiger partial charge in [-0.3, -0.25) is 4.90 Å². The molecule has 0 saturated carbocycles. The number of fused-ring (bicyclic) bond motifs is 5. The number of furan rings is 1. The van der Waals surface area contributed by atoms with Crippen molar-refractivity contribution in [3.05, 3.63) is 146 Å². The maximum atomic E-state index is 6.30. The van der Waals surface area contributed by atoms with E-state index in [1.807, 2.05) is 6.07 Å². The number of nitrogens with zero attached hydrogens (tertiary/aromatic N) is 2. The molecule has 3 heteroatoms. The van der Waals surface area contributed by atoms with Crippen LogP contribution in [0.3, 0.4) is 0 Å². The smallest absolute Gasteiger partial charge is 0.229 e. The van der Waals surface area contributed by atoms with Gasteiger partial charge in [0, 0.05) is 22.1 Å². The molecule has 8 aromatic rings. The largest absolute Gasteiger partial charge is 0.438 e. The van der Waals surface area contributed by atoms with Gasteiger partial charge in [0.15, 0.2) is 0 Å². The van der Waals surface area contributed by atoms with Crippen LogP contribution in [0.2, 0.25) is 0 Å². The Labute approximate surface area is 231 Å². The van der Waals surface area contributed by atoms with Gasteiger partial charge >= 0.3 is 0 Å². The Bertz CT molecular complexity index is 2160. The Balaban J connectivity index is 1.23. The highest BCUT2D eigenvalue weighted by molar-refractivity contribution is 6.09. The van der Waals surface area contributed by atoms with Crippen LogP contribution in [0.5, 0.6) is 0 Å². The van der Waals surface area contributed by atoms with E-state index in [0.29, 0.717) is 5.71 Å². The summed E-state index contributed by atoms with van der Waals surface area (Å²) < 4.78 is 6.30. The topological polar surface area (TPSA) is 29.3 Å². The minimum atomic E-state index is 0.636. The number of anilines is 3. The Kier molecular flexibility index (Phi) is 5.14. The van der Waals surface area contributed by atoms with Gasteiger partial charge in [-0.25, -0.2) is 0 Å². The average Bonchev–Trinajstić information content (AvgIpc) is 3.37. The van der Waals surface area contributed by atoms with Crippen LogP contribution in [0.25, 0.3) is 54.7 Å². The number of para-hydroxylation sites is 1. The number of aromatic nitrogens is 1. The summed E-state index contributed by atoms with van der Waals surface area (Å²) in [6, 6.07) is 51.0. The lowest BCUT2D eigenvalue weighted by atomic mass is 10.0.